The summed E-state index contributed by atoms with van der Waals surface area (Å²) in [5, 5.41) is 16.2. The van der Waals surface area contributed by atoms with Crippen LogP contribution in [0, 0.1) is 6.92 Å². The van der Waals surface area contributed by atoms with E-state index in [0.717, 1.165) is 24.8 Å². The topological polar surface area (TPSA) is 95.7 Å². The molecule has 0 aliphatic heterocycles. The van der Waals surface area contributed by atoms with Crippen molar-refractivity contribution in [3.63, 3.8) is 0 Å². The molecule has 2 aromatic heterocycles. The maximum absolute atomic E-state index is 12.2. The lowest BCUT2D eigenvalue weighted by atomic mass is 10.2. The second-order valence-corrected chi connectivity index (χ2v) is 5.03. The van der Waals surface area contributed by atoms with Crippen LogP contribution in [-0.4, -0.2) is 38.4 Å². The Kier molecular flexibility index (Phi) is 3.41. The van der Waals surface area contributed by atoms with Gasteiger partial charge in [-0.15, -0.1) is 0 Å². The maximum Gasteiger partial charge on any atom is 0.269 e. The van der Waals surface area contributed by atoms with Crippen molar-refractivity contribution >= 4 is 5.91 Å². The van der Waals surface area contributed by atoms with Crippen LogP contribution < -0.4 is 10.1 Å². The smallest absolute Gasteiger partial charge is 0.269 e. The van der Waals surface area contributed by atoms with Crippen molar-refractivity contribution < 1.29 is 9.53 Å². The lowest BCUT2D eigenvalue weighted by molar-refractivity contribution is 0.0888. The van der Waals surface area contributed by atoms with Gasteiger partial charge in [0, 0.05) is 0 Å². The number of nitrogens with one attached hydrogen (secondary N) is 3. The van der Waals surface area contributed by atoms with Gasteiger partial charge in [0.05, 0.1) is 24.6 Å². The minimum Gasteiger partial charge on any atom is -0.485 e. The molecule has 0 saturated heterocycles. The standard InChI is InChI=1S/C13H17N5O2/c1-8-5-16-18-12(8)13(19)17-10-3-2-4-11(10)20-9-6-14-15-7-9/h5-7,10-11H,2-4H2,1H3,(H,14,15)(H,16,18)(H,17,19)/t10-,11+/m0/s1. The Balaban J connectivity index is 1.64. The van der Waals surface area contributed by atoms with Gasteiger partial charge in [-0.2, -0.15) is 10.2 Å². The molecular formula is C13H17N5O2. The molecule has 7 nitrogen and oxygen atoms in total. The van der Waals surface area contributed by atoms with Gasteiger partial charge in [-0.05, 0) is 31.7 Å². The third-order valence-electron chi connectivity index (χ3n) is 3.59. The quantitative estimate of drug-likeness (QED) is 0.780. The first kappa shape index (κ1) is 12.7. The summed E-state index contributed by atoms with van der Waals surface area (Å²) in [7, 11) is 0. The minimum atomic E-state index is -0.132. The molecule has 7 heteroatoms. The predicted molar refractivity (Wildman–Crippen MR) is 71.4 cm³/mol. The van der Waals surface area contributed by atoms with Crippen LogP contribution in [0.4, 0.5) is 0 Å². The zero-order valence-electron chi connectivity index (χ0n) is 11.2. The zero-order valence-corrected chi connectivity index (χ0v) is 11.2. The Labute approximate surface area is 116 Å². The van der Waals surface area contributed by atoms with Crippen LogP contribution in [0.1, 0.15) is 35.3 Å². The van der Waals surface area contributed by atoms with Gasteiger partial charge in [0.2, 0.25) is 0 Å². The Morgan fingerprint density at radius 3 is 3.00 bits per heavy atom. The predicted octanol–water partition coefficient (Wildman–Crippen LogP) is 1.17. The van der Waals surface area contributed by atoms with Gasteiger partial charge in [0.15, 0.2) is 5.75 Å². The molecule has 20 heavy (non-hydrogen) atoms. The van der Waals surface area contributed by atoms with E-state index in [1.54, 1.807) is 18.6 Å². The number of aromatic nitrogens is 4. The zero-order chi connectivity index (χ0) is 13.9. The molecule has 0 aromatic carbocycles. The second kappa shape index (κ2) is 5.36. The fourth-order valence-electron chi connectivity index (χ4n) is 2.53. The highest BCUT2D eigenvalue weighted by Gasteiger charge is 2.31. The van der Waals surface area contributed by atoms with E-state index in [9.17, 15) is 4.79 Å². The molecule has 3 rings (SSSR count). The second-order valence-electron chi connectivity index (χ2n) is 5.03. The van der Waals surface area contributed by atoms with Crippen LogP contribution in [0.2, 0.25) is 0 Å². The number of ether oxygens (including phenoxy) is 1. The van der Waals surface area contributed by atoms with Crippen molar-refractivity contribution in [1.82, 2.24) is 25.7 Å². The van der Waals surface area contributed by atoms with E-state index in [1.165, 1.54) is 0 Å². The highest BCUT2D eigenvalue weighted by Crippen LogP contribution is 2.24. The summed E-state index contributed by atoms with van der Waals surface area (Å²) in [4.78, 5) is 12.2. The van der Waals surface area contributed by atoms with E-state index in [2.05, 4.69) is 25.7 Å². The maximum atomic E-state index is 12.2. The first-order valence-corrected chi connectivity index (χ1v) is 6.70. The van der Waals surface area contributed by atoms with E-state index in [0.29, 0.717) is 11.4 Å². The molecule has 1 saturated carbocycles. The molecule has 0 unspecified atom stereocenters. The van der Waals surface area contributed by atoms with E-state index < -0.39 is 0 Å². The highest BCUT2D eigenvalue weighted by molar-refractivity contribution is 5.93. The summed E-state index contributed by atoms with van der Waals surface area (Å²) in [6.07, 6.45) is 7.85. The van der Waals surface area contributed by atoms with E-state index in [-0.39, 0.29) is 18.1 Å². The summed E-state index contributed by atoms with van der Waals surface area (Å²) in [6.45, 7) is 1.85. The molecule has 1 aliphatic rings. The van der Waals surface area contributed by atoms with Gasteiger partial charge in [-0.25, -0.2) is 0 Å². The molecule has 1 fully saturated rings. The number of nitrogens with zero attached hydrogens (tertiary/aromatic N) is 2. The van der Waals surface area contributed by atoms with E-state index in [1.807, 2.05) is 6.92 Å². The number of carbonyl (C=O) groups is 1. The molecule has 0 radical (unpaired) electrons. The van der Waals surface area contributed by atoms with Crippen LogP contribution in [0.25, 0.3) is 0 Å². The summed E-state index contributed by atoms with van der Waals surface area (Å²) < 4.78 is 5.84. The van der Waals surface area contributed by atoms with Gasteiger partial charge >= 0.3 is 0 Å². The van der Waals surface area contributed by atoms with Gasteiger partial charge in [0.25, 0.3) is 5.91 Å². The average molecular weight is 275 g/mol. The fraction of sp³-hybridized carbons (Fsp3) is 0.462. The van der Waals surface area contributed by atoms with Crippen LogP contribution in [0.5, 0.6) is 5.75 Å². The number of amides is 1. The van der Waals surface area contributed by atoms with Crippen molar-refractivity contribution in [1.29, 1.82) is 0 Å². The Morgan fingerprint density at radius 1 is 1.40 bits per heavy atom. The summed E-state index contributed by atoms with van der Waals surface area (Å²) in [5.74, 6) is 0.571. The fourth-order valence-corrected chi connectivity index (χ4v) is 2.53. The lowest BCUT2D eigenvalue weighted by Gasteiger charge is -2.21. The Morgan fingerprint density at radius 2 is 2.30 bits per heavy atom. The minimum absolute atomic E-state index is 0.0140. The normalized spacial score (nSPS) is 21.9. The molecule has 0 bridgehead atoms. The van der Waals surface area contributed by atoms with Crippen LogP contribution in [-0.2, 0) is 0 Å². The van der Waals surface area contributed by atoms with Crippen LogP contribution >= 0.6 is 0 Å². The molecule has 2 heterocycles. The van der Waals surface area contributed by atoms with Crippen molar-refractivity contribution in [2.75, 3.05) is 0 Å². The molecule has 0 spiro atoms. The molecule has 2 aromatic rings. The Bertz CT molecular complexity index is 577. The third kappa shape index (κ3) is 2.52. The number of aryl methyl sites for hydroxylation is 1. The molecule has 3 N–H and O–H groups in total. The van der Waals surface area contributed by atoms with Crippen molar-refractivity contribution in [2.45, 2.75) is 38.3 Å². The molecule has 2 atom stereocenters. The summed E-state index contributed by atoms with van der Waals surface area (Å²) in [5.41, 5.74) is 1.35. The molecular weight excluding hydrogens is 258 g/mol. The van der Waals surface area contributed by atoms with Crippen molar-refractivity contribution in [3.8, 4) is 5.75 Å². The first-order valence-electron chi connectivity index (χ1n) is 6.70. The number of H-pyrrole nitrogens is 2. The number of rotatable bonds is 4. The van der Waals surface area contributed by atoms with Crippen molar-refractivity contribution in [2.24, 2.45) is 0 Å². The van der Waals surface area contributed by atoms with Crippen LogP contribution in [0.3, 0.4) is 0 Å². The molecule has 106 valence electrons. The SMILES string of the molecule is Cc1cn[nH]c1C(=O)N[C@H]1CCC[C@H]1Oc1cn[nH]c1. The number of carbonyl (C=O) groups excluding carboxylic acids is 1. The van der Waals surface area contributed by atoms with Gasteiger partial charge < -0.3 is 10.1 Å². The Hall–Kier alpha value is -2.31. The van der Waals surface area contributed by atoms with E-state index in [4.69, 9.17) is 4.74 Å². The number of hydrogen-bond acceptors (Lipinski definition) is 4. The number of hydrogen-bond donors (Lipinski definition) is 3. The average Bonchev–Trinajstić information content (AvgIpc) is 3.13. The van der Waals surface area contributed by atoms with E-state index >= 15 is 0 Å². The first-order chi connectivity index (χ1) is 9.74. The largest absolute Gasteiger partial charge is 0.485 e. The third-order valence-corrected chi connectivity index (χ3v) is 3.59. The van der Waals surface area contributed by atoms with Crippen molar-refractivity contribution in [3.05, 3.63) is 29.8 Å². The van der Waals surface area contributed by atoms with Crippen LogP contribution in [0.15, 0.2) is 18.6 Å². The summed E-state index contributed by atoms with van der Waals surface area (Å²) >= 11 is 0. The molecule has 1 amide bonds. The molecule has 1 aliphatic carbocycles. The summed E-state index contributed by atoms with van der Waals surface area (Å²) in [6, 6.07) is 0.0140. The number of aromatic amines is 2. The van der Waals surface area contributed by atoms with Gasteiger partial charge in [-0.1, -0.05) is 0 Å². The lowest BCUT2D eigenvalue weighted by Crippen LogP contribution is -2.42. The highest BCUT2D eigenvalue weighted by atomic mass is 16.5. The van der Waals surface area contributed by atoms with Gasteiger partial charge in [-0.3, -0.25) is 15.0 Å². The van der Waals surface area contributed by atoms with Gasteiger partial charge in [0.1, 0.15) is 11.8 Å². The monoisotopic (exact) mass is 275 g/mol.